The maximum absolute atomic E-state index is 13.2. The number of para-hydroxylation sites is 1. The van der Waals surface area contributed by atoms with Gasteiger partial charge in [0, 0.05) is 12.1 Å². The second-order valence-electron chi connectivity index (χ2n) is 4.39. The zero-order valence-electron chi connectivity index (χ0n) is 10.6. The second kappa shape index (κ2) is 7.28. The molecule has 0 radical (unpaired) electrons. The van der Waals surface area contributed by atoms with Gasteiger partial charge < -0.3 is 15.2 Å². The van der Waals surface area contributed by atoms with Crippen molar-refractivity contribution in [2.75, 3.05) is 13.2 Å². The first-order valence-corrected chi connectivity index (χ1v) is 5.98. The van der Waals surface area contributed by atoms with Crippen LogP contribution in [0.5, 0.6) is 5.75 Å². The summed E-state index contributed by atoms with van der Waals surface area (Å²) in [5.74, 6) is -1.79. The van der Waals surface area contributed by atoms with E-state index in [0.29, 0.717) is 6.42 Å². The number of rotatable bonds is 7. The summed E-state index contributed by atoms with van der Waals surface area (Å²) in [6.45, 7) is 4.02. The van der Waals surface area contributed by atoms with Crippen LogP contribution >= 0.6 is 0 Å². The molecule has 0 aromatic heterocycles. The number of aliphatic hydroxyl groups is 1. The van der Waals surface area contributed by atoms with Gasteiger partial charge in [0.2, 0.25) is 0 Å². The van der Waals surface area contributed by atoms with Crippen LogP contribution in [0.1, 0.15) is 20.3 Å². The number of halogens is 2. The molecule has 102 valence electrons. The Kier molecular flexibility index (Phi) is 6.01. The third-order valence-corrected chi connectivity index (χ3v) is 2.42. The molecule has 0 fully saturated rings. The summed E-state index contributed by atoms with van der Waals surface area (Å²) >= 11 is 0. The standard InChI is InChI=1S/C13H19F2NO2/c1-9(2)16-10(8-17)6-7-18-13-11(14)4-3-5-12(13)15/h3-5,9-10,16-17H,6-8H2,1-2H3. The SMILES string of the molecule is CC(C)NC(CO)CCOc1c(F)cccc1F. The van der Waals surface area contributed by atoms with Crippen molar-refractivity contribution in [3.05, 3.63) is 29.8 Å². The van der Waals surface area contributed by atoms with E-state index in [0.717, 1.165) is 12.1 Å². The van der Waals surface area contributed by atoms with Gasteiger partial charge in [0.25, 0.3) is 0 Å². The van der Waals surface area contributed by atoms with Gasteiger partial charge in [-0.3, -0.25) is 0 Å². The van der Waals surface area contributed by atoms with Crippen LogP contribution in [0.2, 0.25) is 0 Å². The van der Waals surface area contributed by atoms with Crippen molar-refractivity contribution in [1.29, 1.82) is 0 Å². The Morgan fingerprint density at radius 1 is 1.28 bits per heavy atom. The van der Waals surface area contributed by atoms with Gasteiger partial charge in [0.15, 0.2) is 17.4 Å². The minimum absolute atomic E-state index is 0.0404. The average Bonchev–Trinajstić information content (AvgIpc) is 2.31. The van der Waals surface area contributed by atoms with Crippen molar-refractivity contribution in [3.63, 3.8) is 0 Å². The first-order valence-electron chi connectivity index (χ1n) is 5.98. The van der Waals surface area contributed by atoms with Crippen LogP contribution in [0.25, 0.3) is 0 Å². The van der Waals surface area contributed by atoms with Crippen LogP contribution in [0.3, 0.4) is 0 Å². The lowest BCUT2D eigenvalue weighted by Gasteiger charge is -2.19. The van der Waals surface area contributed by atoms with Crippen LogP contribution in [-0.4, -0.2) is 30.4 Å². The molecule has 0 saturated carbocycles. The van der Waals surface area contributed by atoms with E-state index in [4.69, 9.17) is 9.84 Å². The topological polar surface area (TPSA) is 41.5 Å². The Morgan fingerprint density at radius 3 is 2.39 bits per heavy atom. The van der Waals surface area contributed by atoms with Crippen LogP contribution in [0.15, 0.2) is 18.2 Å². The normalized spacial score (nSPS) is 12.8. The number of hydrogen-bond donors (Lipinski definition) is 2. The fourth-order valence-corrected chi connectivity index (χ4v) is 1.62. The maximum Gasteiger partial charge on any atom is 0.190 e. The Hall–Kier alpha value is -1.20. The van der Waals surface area contributed by atoms with Crippen molar-refractivity contribution in [2.24, 2.45) is 0 Å². The molecule has 0 spiro atoms. The molecular formula is C13H19F2NO2. The Balaban J connectivity index is 2.45. The Bertz CT molecular complexity index is 352. The van der Waals surface area contributed by atoms with Crippen molar-refractivity contribution in [1.82, 2.24) is 5.32 Å². The minimum atomic E-state index is -0.715. The first kappa shape index (κ1) is 14.9. The monoisotopic (exact) mass is 259 g/mol. The molecule has 1 aromatic rings. The van der Waals surface area contributed by atoms with Crippen LogP contribution < -0.4 is 10.1 Å². The molecule has 0 heterocycles. The largest absolute Gasteiger partial charge is 0.488 e. The fourth-order valence-electron chi connectivity index (χ4n) is 1.62. The number of nitrogens with one attached hydrogen (secondary N) is 1. The Morgan fingerprint density at radius 2 is 1.89 bits per heavy atom. The lowest BCUT2D eigenvalue weighted by atomic mass is 10.2. The first-order chi connectivity index (χ1) is 8.54. The highest BCUT2D eigenvalue weighted by Gasteiger charge is 2.12. The van der Waals surface area contributed by atoms with Gasteiger partial charge in [-0.15, -0.1) is 0 Å². The van der Waals surface area contributed by atoms with Crippen LogP contribution in [-0.2, 0) is 0 Å². The van der Waals surface area contributed by atoms with Crippen LogP contribution in [0, 0.1) is 11.6 Å². The van der Waals surface area contributed by atoms with E-state index < -0.39 is 11.6 Å². The smallest absolute Gasteiger partial charge is 0.190 e. The molecule has 0 aliphatic rings. The van der Waals surface area contributed by atoms with E-state index >= 15 is 0 Å². The van der Waals surface area contributed by atoms with Gasteiger partial charge in [0.1, 0.15) is 0 Å². The zero-order chi connectivity index (χ0) is 13.5. The quantitative estimate of drug-likeness (QED) is 0.788. The lowest BCUT2D eigenvalue weighted by molar-refractivity contribution is 0.197. The molecular weight excluding hydrogens is 240 g/mol. The van der Waals surface area contributed by atoms with E-state index in [1.165, 1.54) is 6.07 Å². The molecule has 3 nitrogen and oxygen atoms in total. The summed E-state index contributed by atoms with van der Waals surface area (Å²) in [5.41, 5.74) is 0. The summed E-state index contributed by atoms with van der Waals surface area (Å²) in [5, 5.41) is 12.2. The molecule has 1 unspecified atom stereocenters. The fraction of sp³-hybridized carbons (Fsp3) is 0.538. The molecule has 0 saturated heterocycles. The van der Waals surface area contributed by atoms with E-state index in [2.05, 4.69) is 5.32 Å². The summed E-state index contributed by atoms with van der Waals surface area (Å²) in [4.78, 5) is 0. The van der Waals surface area contributed by atoms with E-state index in [1.54, 1.807) is 0 Å². The number of aliphatic hydroxyl groups excluding tert-OH is 1. The lowest BCUT2D eigenvalue weighted by Crippen LogP contribution is -2.38. The zero-order valence-corrected chi connectivity index (χ0v) is 10.6. The highest BCUT2D eigenvalue weighted by Crippen LogP contribution is 2.20. The summed E-state index contributed by atoms with van der Waals surface area (Å²) in [6.07, 6.45) is 0.475. The average molecular weight is 259 g/mol. The van der Waals surface area contributed by atoms with Gasteiger partial charge in [-0.05, 0) is 18.6 Å². The van der Waals surface area contributed by atoms with Crippen LogP contribution in [0.4, 0.5) is 8.78 Å². The summed E-state index contributed by atoms with van der Waals surface area (Å²) in [7, 11) is 0. The highest BCUT2D eigenvalue weighted by molar-refractivity contribution is 5.25. The molecule has 1 atom stereocenters. The number of hydrogen-bond acceptors (Lipinski definition) is 3. The van der Waals surface area contributed by atoms with Gasteiger partial charge >= 0.3 is 0 Å². The van der Waals surface area contributed by atoms with Crippen molar-refractivity contribution < 1.29 is 18.6 Å². The van der Waals surface area contributed by atoms with E-state index in [9.17, 15) is 8.78 Å². The maximum atomic E-state index is 13.2. The minimum Gasteiger partial charge on any atom is -0.488 e. The Labute approximate surface area is 106 Å². The molecule has 2 N–H and O–H groups in total. The predicted molar refractivity (Wildman–Crippen MR) is 65.6 cm³/mol. The summed E-state index contributed by atoms with van der Waals surface area (Å²) < 4.78 is 31.6. The molecule has 1 rings (SSSR count). The highest BCUT2D eigenvalue weighted by atomic mass is 19.1. The molecule has 18 heavy (non-hydrogen) atoms. The van der Waals surface area contributed by atoms with E-state index in [-0.39, 0.29) is 31.0 Å². The number of ether oxygens (including phenoxy) is 1. The van der Waals surface area contributed by atoms with Gasteiger partial charge in [0.05, 0.1) is 13.2 Å². The third-order valence-electron chi connectivity index (χ3n) is 2.42. The predicted octanol–water partition coefficient (Wildman–Crippen LogP) is 2.09. The molecule has 0 amide bonds. The van der Waals surface area contributed by atoms with E-state index in [1.807, 2.05) is 13.8 Å². The van der Waals surface area contributed by atoms with Crippen molar-refractivity contribution >= 4 is 0 Å². The number of benzene rings is 1. The molecule has 5 heteroatoms. The summed E-state index contributed by atoms with van der Waals surface area (Å²) in [6, 6.07) is 3.67. The van der Waals surface area contributed by atoms with Gasteiger partial charge in [-0.25, -0.2) is 8.78 Å². The van der Waals surface area contributed by atoms with Gasteiger partial charge in [-0.2, -0.15) is 0 Å². The van der Waals surface area contributed by atoms with Gasteiger partial charge in [-0.1, -0.05) is 19.9 Å². The second-order valence-corrected chi connectivity index (χ2v) is 4.39. The van der Waals surface area contributed by atoms with Crippen molar-refractivity contribution in [2.45, 2.75) is 32.4 Å². The molecule has 0 aliphatic carbocycles. The molecule has 1 aromatic carbocycles. The molecule has 0 bridgehead atoms. The van der Waals surface area contributed by atoms with Crippen molar-refractivity contribution in [3.8, 4) is 5.75 Å². The molecule has 0 aliphatic heterocycles. The third kappa shape index (κ3) is 4.58.